The molecule has 0 radical (unpaired) electrons. The van der Waals surface area contributed by atoms with Gasteiger partial charge < -0.3 is 0 Å². The van der Waals surface area contributed by atoms with Crippen molar-refractivity contribution in [3.05, 3.63) is 77.1 Å². The summed E-state index contributed by atoms with van der Waals surface area (Å²) in [5, 5.41) is 8.72. The van der Waals surface area contributed by atoms with E-state index >= 15 is 0 Å². The van der Waals surface area contributed by atoms with E-state index in [1.165, 1.54) is 12.1 Å². The molecule has 0 aliphatic heterocycles. The van der Waals surface area contributed by atoms with E-state index in [4.69, 9.17) is 5.26 Å². The highest BCUT2D eigenvalue weighted by Gasteiger charge is 2.05. The molecule has 104 valence electrons. The second-order valence-corrected chi connectivity index (χ2v) is 4.71. The van der Waals surface area contributed by atoms with Crippen molar-refractivity contribution in [1.82, 2.24) is 0 Å². The van der Waals surface area contributed by atoms with Gasteiger partial charge in [-0.1, -0.05) is 30.3 Å². The van der Waals surface area contributed by atoms with Crippen molar-refractivity contribution in [3.8, 4) is 6.07 Å². The molecule has 0 spiro atoms. The van der Waals surface area contributed by atoms with Gasteiger partial charge in [0.25, 0.3) is 0 Å². The second-order valence-electron chi connectivity index (χ2n) is 4.71. The highest BCUT2D eigenvalue weighted by molar-refractivity contribution is 5.97. The lowest BCUT2D eigenvalue weighted by atomic mass is 10.0. The first-order valence-corrected chi connectivity index (χ1v) is 6.56. The Hall–Kier alpha value is -2.73. The van der Waals surface area contributed by atoms with E-state index in [9.17, 15) is 9.18 Å². The minimum absolute atomic E-state index is 0.0130. The van der Waals surface area contributed by atoms with E-state index in [1.807, 2.05) is 19.1 Å². The van der Waals surface area contributed by atoms with Crippen LogP contribution in [0.2, 0.25) is 0 Å². The van der Waals surface area contributed by atoms with Crippen LogP contribution in [0.15, 0.2) is 54.6 Å². The van der Waals surface area contributed by atoms with Crippen molar-refractivity contribution < 1.29 is 9.18 Å². The van der Waals surface area contributed by atoms with E-state index in [1.54, 1.807) is 36.4 Å². The Morgan fingerprint density at radius 1 is 1.10 bits per heavy atom. The molecule has 2 rings (SSSR count). The van der Waals surface area contributed by atoms with Gasteiger partial charge in [-0.2, -0.15) is 5.26 Å². The topological polar surface area (TPSA) is 40.9 Å². The van der Waals surface area contributed by atoms with Crippen molar-refractivity contribution in [1.29, 1.82) is 5.26 Å². The quantitative estimate of drug-likeness (QED) is 0.779. The number of ketones is 1. The third-order valence-electron chi connectivity index (χ3n) is 3.23. The molecule has 2 nitrogen and oxygen atoms in total. The highest BCUT2D eigenvalue weighted by atomic mass is 19.1. The Balaban J connectivity index is 2.07. The van der Waals surface area contributed by atoms with Crippen molar-refractivity contribution in [2.45, 2.75) is 13.3 Å². The monoisotopic (exact) mass is 279 g/mol. The van der Waals surface area contributed by atoms with Gasteiger partial charge in [-0.3, -0.25) is 4.79 Å². The fourth-order valence-corrected chi connectivity index (χ4v) is 1.92. The van der Waals surface area contributed by atoms with E-state index in [0.717, 1.165) is 11.1 Å². The average molecular weight is 279 g/mol. The molecule has 0 fully saturated rings. The number of hydrogen-bond donors (Lipinski definition) is 0. The molecule has 0 aliphatic carbocycles. The van der Waals surface area contributed by atoms with Gasteiger partial charge in [-0.05, 0) is 42.3 Å². The van der Waals surface area contributed by atoms with Crippen LogP contribution in [-0.2, 0) is 0 Å². The number of nitrogens with zero attached hydrogens (tertiary/aromatic N) is 1. The SMILES string of the molecule is C/C(=C/CC(=O)c1ccc(C#N)cc1)c1ccc(F)cc1. The normalized spacial score (nSPS) is 11.0. The standard InChI is InChI=1S/C18H14FNO/c1-13(15-7-9-17(19)10-8-15)2-11-18(21)16-5-3-14(12-20)4-6-16/h2-10H,11H2,1H3/b13-2-. The summed E-state index contributed by atoms with van der Waals surface area (Å²) in [6.07, 6.45) is 2.10. The van der Waals surface area contributed by atoms with Crippen LogP contribution in [0, 0.1) is 17.1 Å². The van der Waals surface area contributed by atoms with Gasteiger partial charge in [0.15, 0.2) is 5.78 Å². The molecular weight excluding hydrogens is 265 g/mol. The Kier molecular flexibility index (Phi) is 4.63. The van der Waals surface area contributed by atoms with Crippen LogP contribution in [-0.4, -0.2) is 5.78 Å². The molecule has 2 aromatic carbocycles. The summed E-state index contributed by atoms with van der Waals surface area (Å²) in [7, 11) is 0. The van der Waals surface area contributed by atoms with Gasteiger partial charge in [-0.25, -0.2) is 4.39 Å². The predicted octanol–water partition coefficient (Wildman–Crippen LogP) is 4.37. The summed E-state index contributed by atoms with van der Waals surface area (Å²) in [6, 6.07) is 14.8. The zero-order valence-electron chi connectivity index (χ0n) is 11.6. The van der Waals surface area contributed by atoms with Crippen molar-refractivity contribution in [2.75, 3.05) is 0 Å². The maximum atomic E-state index is 12.9. The highest BCUT2D eigenvalue weighted by Crippen LogP contribution is 2.16. The molecule has 0 unspecified atom stereocenters. The Morgan fingerprint density at radius 2 is 1.67 bits per heavy atom. The van der Waals surface area contributed by atoms with E-state index in [0.29, 0.717) is 11.1 Å². The smallest absolute Gasteiger partial charge is 0.166 e. The molecule has 0 amide bonds. The maximum absolute atomic E-state index is 12.9. The third kappa shape index (κ3) is 3.87. The average Bonchev–Trinajstić information content (AvgIpc) is 2.53. The molecule has 0 aromatic heterocycles. The molecule has 0 aliphatic rings. The van der Waals surface area contributed by atoms with Gasteiger partial charge in [0.05, 0.1) is 11.6 Å². The van der Waals surface area contributed by atoms with E-state index in [2.05, 4.69) is 0 Å². The number of hydrogen-bond acceptors (Lipinski definition) is 2. The maximum Gasteiger partial charge on any atom is 0.166 e. The second kappa shape index (κ2) is 6.62. The lowest BCUT2D eigenvalue weighted by Crippen LogP contribution is -1.97. The minimum Gasteiger partial charge on any atom is -0.294 e. The number of carbonyl (C=O) groups excluding carboxylic acids is 1. The van der Waals surface area contributed by atoms with Gasteiger partial charge >= 0.3 is 0 Å². The number of Topliss-reactive ketones (excluding diaryl/α,β-unsaturated/α-hetero) is 1. The van der Waals surface area contributed by atoms with Gasteiger partial charge in [0.2, 0.25) is 0 Å². The molecular formula is C18H14FNO. The summed E-state index contributed by atoms with van der Waals surface area (Å²) >= 11 is 0. The number of rotatable bonds is 4. The molecule has 0 bridgehead atoms. The van der Waals surface area contributed by atoms with E-state index in [-0.39, 0.29) is 18.0 Å². The number of halogens is 1. The summed E-state index contributed by atoms with van der Waals surface area (Å²) in [6.45, 7) is 1.89. The molecule has 0 N–H and O–H groups in total. The van der Waals surface area contributed by atoms with Crippen LogP contribution in [0.5, 0.6) is 0 Å². The molecule has 0 atom stereocenters. The molecule has 2 aromatic rings. The number of allylic oxidation sites excluding steroid dienone is 2. The molecule has 0 heterocycles. The third-order valence-corrected chi connectivity index (χ3v) is 3.23. The van der Waals surface area contributed by atoms with Crippen LogP contribution in [0.25, 0.3) is 5.57 Å². The minimum atomic E-state index is -0.278. The van der Waals surface area contributed by atoms with Crippen LogP contribution < -0.4 is 0 Å². The Morgan fingerprint density at radius 3 is 2.24 bits per heavy atom. The fourth-order valence-electron chi connectivity index (χ4n) is 1.92. The summed E-state index contributed by atoms with van der Waals surface area (Å²) in [5.41, 5.74) is 2.93. The Bertz CT molecular complexity index is 706. The van der Waals surface area contributed by atoms with Crippen LogP contribution in [0.3, 0.4) is 0 Å². The molecule has 0 saturated heterocycles. The summed E-state index contributed by atoms with van der Waals surface area (Å²) in [4.78, 5) is 12.0. The lowest BCUT2D eigenvalue weighted by molar-refractivity contribution is 0.0996. The molecule has 3 heteroatoms. The summed E-state index contributed by atoms with van der Waals surface area (Å²) in [5.74, 6) is -0.291. The number of carbonyl (C=O) groups is 1. The lowest BCUT2D eigenvalue weighted by Gasteiger charge is -2.02. The largest absolute Gasteiger partial charge is 0.294 e. The Labute approximate surface area is 123 Å². The zero-order valence-corrected chi connectivity index (χ0v) is 11.6. The molecule has 21 heavy (non-hydrogen) atoms. The first-order chi connectivity index (χ1) is 10.1. The van der Waals surface area contributed by atoms with Crippen LogP contribution >= 0.6 is 0 Å². The van der Waals surface area contributed by atoms with Crippen molar-refractivity contribution in [2.24, 2.45) is 0 Å². The van der Waals surface area contributed by atoms with Crippen LogP contribution in [0.1, 0.15) is 34.8 Å². The zero-order chi connectivity index (χ0) is 15.2. The van der Waals surface area contributed by atoms with Crippen molar-refractivity contribution in [3.63, 3.8) is 0 Å². The first-order valence-electron chi connectivity index (χ1n) is 6.56. The van der Waals surface area contributed by atoms with Gasteiger partial charge in [0, 0.05) is 12.0 Å². The molecule has 0 saturated carbocycles. The fraction of sp³-hybridized carbons (Fsp3) is 0.111. The van der Waals surface area contributed by atoms with Gasteiger partial charge in [0.1, 0.15) is 5.82 Å². The van der Waals surface area contributed by atoms with Gasteiger partial charge in [-0.15, -0.1) is 0 Å². The summed E-state index contributed by atoms with van der Waals surface area (Å²) < 4.78 is 12.9. The van der Waals surface area contributed by atoms with E-state index < -0.39 is 0 Å². The number of benzene rings is 2. The van der Waals surface area contributed by atoms with Crippen LogP contribution in [0.4, 0.5) is 4.39 Å². The first kappa shape index (κ1) is 14.7. The predicted molar refractivity (Wildman–Crippen MR) is 80.2 cm³/mol. The van der Waals surface area contributed by atoms with Crippen molar-refractivity contribution >= 4 is 11.4 Å². The number of nitriles is 1.